The molecule has 0 bridgehead atoms. The van der Waals surface area contributed by atoms with Gasteiger partial charge in [0.15, 0.2) is 12.9 Å². The average molecular weight is 356 g/mol. The minimum absolute atomic E-state index is 0.0153. The Morgan fingerprint density at radius 1 is 1.19 bits per heavy atom. The van der Waals surface area contributed by atoms with Crippen LogP contribution in [-0.2, 0) is 10.2 Å². The van der Waals surface area contributed by atoms with Crippen molar-refractivity contribution in [1.29, 1.82) is 0 Å². The molecule has 0 fully saturated rings. The summed E-state index contributed by atoms with van der Waals surface area (Å²) in [7, 11) is 0. The van der Waals surface area contributed by atoms with Crippen LogP contribution in [0.15, 0.2) is 42.5 Å². The van der Waals surface area contributed by atoms with Crippen molar-refractivity contribution < 1.29 is 19.2 Å². The summed E-state index contributed by atoms with van der Waals surface area (Å²) in [6, 6.07) is 11.1. The standard InChI is InChI=1S/C19H20N2O5/c1-19(2,3)14-4-6-15(7-5-14)20-18(23)12-26-17-9-8-16(21(24)25)10-13(17)11-22/h4-11H,12H2,1-3H3,(H,20,23). The van der Waals surface area contributed by atoms with Crippen molar-refractivity contribution in [3.8, 4) is 5.75 Å². The number of anilines is 1. The maximum absolute atomic E-state index is 12.0. The third-order valence-corrected chi connectivity index (χ3v) is 3.72. The Balaban J connectivity index is 1.99. The number of nitro benzene ring substituents is 1. The Kier molecular flexibility index (Phi) is 5.71. The summed E-state index contributed by atoms with van der Waals surface area (Å²) in [5.41, 5.74) is 1.59. The van der Waals surface area contributed by atoms with Gasteiger partial charge in [0, 0.05) is 17.8 Å². The van der Waals surface area contributed by atoms with E-state index in [0.717, 1.165) is 11.6 Å². The number of ether oxygens (including phenoxy) is 1. The second-order valence-electron chi connectivity index (χ2n) is 6.76. The first-order chi connectivity index (χ1) is 12.2. The smallest absolute Gasteiger partial charge is 0.270 e. The first-order valence-corrected chi connectivity index (χ1v) is 7.97. The maximum Gasteiger partial charge on any atom is 0.270 e. The van der Waals surface area contributed by atoms with Gasteiger partial charge in [-0.25, -0.2) is 0 Å². The zero-order valence-electron chi connectivity index (χ0n) is 14.8. The van der Waals surface area contributed by atoms with Gasteiger partial charge in [0.2, 0.25) is 0 Å². The Labute approximate surface area is 151 Å². The molecule has 1 amide bonds. The SMILES string of the molecule is CC(C)(C)c1ccc(NC(=O)COc2ccc([N+](=O)[O-])cc2C=O)cc1. The maximum atomic E-state index is 12.0. The van der Waals surface area contributed by atoms with Gasteiger partial charge in [-0.1, -0.05) is 32.9 Å². The number of aldehydes is 1. The Hall–Kier alpha value is -3.22. The predicted molar refractivity (Wildman–Crippen MR) is 97.8 cm³/mol. The lowest BCUT2D eigenvalue weighted by Crippen LogP contribution is -2.20. The van der Waals surface area contributed by atoms with Crippen LogP contribution < -0.4 is 10.1 Å². The highest BCUT2D eigenvalue weighted by atomic mass is 16.6. The molecule has 0 spiro atoms. The molecule has 0 aliphatic heterocycles. The van der Waals surface area contributed by atoms with Gasteiger partial charge in [-0.3, -0.25) is 19.7 Å². The number of nitrogens with one attached hydrogen (secondary N) is 1. The van der Waals surface area contributed by atoms with E-state index in [4.69, 9.17) is 4.74 Å². The highest BCUT2D eigenvalue weighted by Crippen LogP contribution is 2.24. The van der Waals surface area contributed by atoms with Crippen LogP contribution in [0.4, 0.5) is 11.4 Å². The number of amides is 1. The summed E-state index contributed by atoms with van der Waals surface area (Å²) in [5.74, 6) is -0.285. The van der Waals surface area contributed by atoms with Crippen LogP contribution in [0.5, 0.6) is 5.75 Å². The molecule has 26 heavy (non-hydrogen) atoms. The molecule has 2 aromatic rings. The highest BCUT2D eigenvalue weighted by Gasteiger charge is 2.14. The van der Waals surface area contributed by atoms with Crippen LogP contribution in [0.3, 0.4) is 0 Å². The van der Waals surface area contributed by atoms with Crippen LogP contribution in [-0.4, -0.2) is 23.7 Å². The number of rotatable bonds is 6. The number of carbonyl (C=O) groups excluding carboxylic acids is 2. The van der Waals surface area contributed by atoms with Crippen LogP contribution >= 0.6 is 0 Å². The van der Waals surface area contributed by atoms with Crippen LogP contribution in [0.1, 0.15) is 36.7 Å². The molecule has 0 radical (unpaired) electrons. The lowest BCUT2D eigenvalue weighted by atomic mass is 9.87. The molecule has 7 heteroatoms. The largest absolute Gasteiger partial charge is 0.483 e. The number of carbonyl (C=O) groups is 2. The average Bonchev–Trinajstić information content (AvgIpc) is 2.59. The second-order valence-corrected chi connectivity index (χ2v) is 6.76. The number of non-ortho nitro benzene ring substituents is 1. The summed E-state index contributed by atoms with van der Waals surface area (Å²) in [6.07, 6.45) is 0.450. The van der Waals surface area contributed by atoms with E-state index in [9.17, 15) is 19.7 Å². The van der Waals surface area contributed by atoms with Crippen molar-refractivity contribution in [1.82, 2.24) is 0 Å². The molecule has 0 aromatic heterocycles. The minimum atomic E-state index is -0.606. The molecule has 7 nitrogen and oxygen atoms in total. The third-order valence-electron chi connectivity index (χ3n) is 3.72. The van der Waals surface area contributed by atoms with Crippen molar-refractivity contribution in [3.05, 3.63) is 63.7 Å². The van der Waals surface area contributed by atoms with Gasteiger partial charge in [0.1, 0.15) is 5.75 Å². The molecule has 0 aliphatic rings. The van der Waals surface area contributed by atoms with Gasteiger partial charge in [0.25, 0.3) is 11.6 Å². The highest BCUT2D eigenvalue weighted by molar-refractivity contribution is 5.92. The molecule has 1 N–H and O–H groups in total. The van der Waals surface area contributed by atoms with Gasteiger partial charge in [-0.15, -0.1) is 0 Å². The molecule has 0 aliphatic carbocycles. The Morgan fingerprint density at radius 3 is 2.38 bits per heavy atom. The van der Waals surface area contributed by atoms with E-state index in [-0.39, 0.29) is 29.0 Å². The van der Waals surface area contributed by atoms with Crippen LogP contribution in [0, 0.1) is 10.1 Å². The quantitative estimate of drug-likeness (QED) is 0.483. The molecule has 136 valence electrons. The first-order valence-electron chi connectivity index (χ1n) is 7.97. The van der Waals surface area contributed by atoms with E-state index in [1.165, 1.54) is 12.1 Å². The van der Waals surface area contributed by atoms with E-state index < -0.39 is 10.8 Å². The van der Waals surface area contributed by atoms with Gasteiger partial charge in [-0.05, 0) is 29.2 Å². The van der Waals surface area contributed by atoms with E-state index in [0.29, 0.717) is 12.0 Å². The molecule has 2 rings (SSSR count). The number of hydrogen-bond donors (Lipinski definition) is 1. The number of benzene rings is 2. The third kappa shape index (κ3) is 4.89. The monoisotopic (exact) mass is 356 g/mol. The zero-order chi connectivity index (χ0) is 19.3. The summed E-state index contributed by atoms with van der Waals surface area (Å²) < 4.78 is 5.31. The van der Waals surface area contributed by atoms with Gasteiger partial charge in [-0.2, -0.15) is 0 Å². The normalized spacial score (nSPS) is 10.9. The molecular formula is C19H20N2O5. The second kappa shape index (κ2) is 7.77. The predicted octanol–water partition coefficient (Wildman–Crippen LogP) is 3.72. The van der Waals surface area contributed by atoms with E-state index in [1.807, 2.05) is 12.1 Å². The number of hydrogen-bond acceptors (Lipinski definition) is 5. The van der Waals surface area contributed by atoms with Crippen molar-refractivity contribution in [2.45, 2.75) is 26.2 Å². The van der Waals surface area contributed by atoms with Gasteiger partial charge in [0.05, 0.1) is 10.5 Å². The minimum Gasteiger partial charge on any atom is -0.483 e. The lowest BCUT2D eigenvalue weighted by Gasteiger charge is -2.19. The Morgan fingerprint density at radius 2 is 1.85 bits per heavy atom. The van der Waals surface area contributed by atoms with Crippen LogP contribution in [0.2, 0.25) is 0 Å². The van der Waals surface area contributed by atoms with Crippen molar-refractivity contribution in [2.75, 3.05) is 11.9 Å². The summed E-state index contributed by atoms with van der Waals surface area (Å²) >= 11 is 0. The number of nitro groups is 1. The molecular weight excluding hydrogens is 336 g/mol. The molecule has 0 saturated carbocycles. The topological polar surface area (TPSA) is 98.5 Å². The summed E-state index contributed by atoms with van der Waals surface area (Å²) in [6.45, 7) is 5.98. The van der Waals surface area contributed by atoms with Gasteiger partial charge >= 0.3 is 0 Å². The molecule has 0 atom stereocenters. The van der Waals surface area contributed by atoms with Gasteiger partial charge < -0.3 is 10.1 Å². The molecule has 0 saturated heterocycles. The summed E-state index contributed by atoms with van der Waals surface area (Å²) in [4.78, 5) is 33.2. The summed E-state index contributed by atoms with van der Waals surface area (Å²) in [5, 5.41) is 13.4. The number of nitrogens with zero attached hydrogens (tertiary/aromatic N) is 1. The zero-order valence-corrected chi connectivity index (χ0v) is 14.8. The van der Waals surface area contributed by atoms with E-state index in [1.54, 1.807) is 12.1 Å². The fraction of sp³-hybridized carbons (Fsp3) is 0.263. The molecule has 2 aromatic carbocycles. The molecule has 0 unspecified atom stereocenters. The first kappa shape index (κ1) is 19.1. The fourth-order valence-electron chi connectivity index (χ4n) is 2.27. The van der Waals surface area contributed by atoms with Crippen molar-refractivity contribution >= 4 is 23.6 Å². The van der Waals surface area contributed by atoms with Crippen LogP contribution in [0.25, 0.3) is 0 Å². The van der Waals surface area contributed by atoms with Crippen molar-refractivity contribution in [3.63, 3.8) is 0 Å². The molecule has 0 heterocycles. The van der Waals surface area contributed by atoms with E-state index in [2.05, 4.69) is 26.1 Å². The van der Waals surface area contributed by atoms with Crippen molar-refractivity contribution in [2.24, 2.45) is 0 Å². The Bertz CT molecular complexity index is 823. The fourth-order valence-corrected chi connectivity index (χ4v) is 2.27. The van der Waals surface area contributed by atoms with E-state index >= 15 is 0 Å². The lowest BCUT2D eigenvalue weighted by molar-refractivity contribution is -0.384.